The van der Waals surface area contributed by atoms with Crippen LogP contribution in [-0.4, -0.2) is 34.8 Å². The Morgan fingerprint density at radius 1 is 1.14 bits per heavy atom. The lowest BCUT2D eigenvalue weighted by atomic mass is 10.0. The maximum absolute atomic E-state index is 13.9. The number of carbonyl (C=O) groups excluding carboxylic acids is 1. The highest BCUT2D eigenvalue weighted by atomic mass is 35.5. The first kappa shape index (κ1) is 24.6. The molecule has 8 nitrogen and oxygen atoms in total. The number of aryl methyl sites for hydroxylation is 2. The number of halogens is 3. The molecule has 0 unspecified atom stereocenters. The standard InChI is InChI=1S/C23H18ClF2N5O3S2/c24-16-10-14(36(27,33)34)7-8-17(16)28-19(32)11-35-23-30-29-22(21(25)26)31(23)18-9-6-13-5-4-12-2-1-3-15(18)20(12)13/h1-3,6-10,21H,4-5,11H2,(H,28,32)(H2,27,33,34). The Balaban J connectivity index is 1.42. The fourth-order valence-corrected chi connectivity index (χ4v) is 5.84. The van der Waals surface area contributed by atoms with Crippen LogP contribution in [0.4, 0.5) is 14.5 Å². The van der Waals surface area contributed by atoms with E-state index in [9.17, 15) is 22.0 Å². The van der Waals surface area contributed by atoms with E-state index in [4.69, 9.17) is 16.7 Å². The molecule has 1 heterocycles. The Morgan fingerprint density at radius 3 is 2.58 bits per heavy atom. The molecule has 13 heteroatoms. The summed E-state index contributed by atoms with van der Waals surface area (Å²) in [6.45, 7) is 0. The largest absolute Gasteiger partial charge is 0.324 e. The van der Waals surface area contributed by atoms with Gasteiger partial charge in [-0.05, 0) is 53.6 Å². The highest BCUT2D eigenvalue weighted by Gasteiger charge is 2.25. The quantitative estimate of drug-likeness (QED) is 0.328. The van der Waals surface area contributed by atoms with E-state index in [1.807, 2.05) is 24.3 Å². The summed E-state index contributed by atoms with van der Waals surface area (Å²) in [6.07, 6.45) is -1.09. The number of nitrogens with one attached hydrogen (secondary N) is 1. The number of carbonyl (C=O) groups is 1. The number of primary sulfonamides is 1. The summed E-state index contributed by atoms with van der Waals surface area (Å²) in [5.74, 6) is -1.20. The fraction of sp³-hybridized carbons (Fsp3) is 0.174. The predicted molar refractivity (Wildman–Crippen MR) is 133 cm³/mol. The van der Waals surface area contributed by atoms with Crippen LogP contribution in [-0.2, 0) is 27.7 Å². The van der Waals surface area contributed by atoms with Gasteiger partial charge in [0.2, 0.25) is 21.8 Å². The number of rotatable bonds is 7. The molecule has 3 aromatic carbocycles. The zero-order valence-corrected chi connectivity index (χ0v) is 20.8. The van der Waals surface area contributed by atoms with E-state index in [0.29, 0.717) is 5.69 Å². The number of aromatic nitrogens is 3. The van der Waals surface area contributed by atoms with Gasteiger partial charge in [0.1, 0.15) is 0 Å². The fourth-order valence-electron chi connectivity index (χ4n) is 4.26. The maximum atomic E-state index is 13.9. The molecular weight excluding hydrogens is 532 g/mol. The number of thioether (sulfide) groups is 1. The monoisotopic (exact) mass is 549 g/mol. The van der Waals surface area contributed by atoms with E-state index in [1.165, 1.54) is 16.7 Å². The van der Waals surface area contributed by atoms with Gasteiger partial charge < -0.3 is 5.32 Å². The van der Waals surface area contributed by atoms with Crippen molar-refractivity contribution in [1.82, 2.24) is 14.8 Å². The Kier molecular flexibility index (Phi) is 6.45. The van der Waals surface area contributed by atoms with E-state index in [1.54, 1.807) is 6.07 Å². The smallest absolute Gasteiger partial charge is 0.297 e. The summed E-state index contributed by atoms with van der Waals surface area (Å²) in [6, 6.07) is 13.2. The van der Waals surface area contributed by atoms with Crippen molar-refractivity contribution >= 4 is 55.8 Å². The van der Waals surface area contributed by atoms with Crippen molar-refractivity contribution in [3.8, 4) is 5.69 Å². The van der Waals surface area contributed by atoms with Crippen LogP contribution in [0.2, 0.25) is 5.02 Å². The van der Waals surface area contributed by atoms with Crippen molar-refractivity contribution < 1.29 is 22.0 Å². The minimum absolute atomic E-state index is 0.0177. The molecule has 0 radical (unpaired) electrons. The van der Waals surface area contributed by atoms with E-state index < -0.39 is 28.2 Å². The lowest BCUT2D eigenvalue weighted by molar-refractivity contribution is -0.113. The van der Waals surface area contributed by atoms with Crippen molar-refractivity contribution in [2.45, 2.75) is 29.3 Å². The third-order valence-electron chi connectivity index (χ3n) is 5.82. The highest BCUT2D eigenvalue weighted by molar-refractivity contribution is 7.99. The summed E-state index contributed by atoms with van der Waals surface area (Å²) >= 11 is 7.01. The number of amides is 1. The molecule has 1 aliphatic rings. The molecule has 0 aliphatic heterocycles. The van der Waals surface area contributed by atoms with Crippen LogP contribution < -0.4 is 10.5 Å². The molecule has 36 heavy (non-hydrogen) atoms. The van der Waals surface area contributed by atoms with Crippen LogP contribution in [0.5, 0.6) is 0 Å². The van der Waals surface area contributed by atoms with Crippen molar-refractivity contribution in [3.63, 3.8) is 0 Å². The normalized spacial score (nSPS) is 13.0. The number of nitrogens with zero attached hydrogens (tertiary/aromatic N) is 3. The second-order valence-electron chi connectivity index (χ2n) is 8.08. The summed E-state index contributed by atoms with van der Waals surface area (Å²) in [5, 5.41) is 17.2. The number of benzene rings is 3. The third-order valence-corrected chi connectivity index (χ3v) is 7.98. The second kappa shape index (κ2) is 9.43. The average Bonchev–Trinajstić information content (AvgIpc) is 3.44. The van der Waals surface area contributed by atoms with Gasteiger partial charge in [-0.2, -0.15) is 0 Å². The first-order valence-corrected chi connectivity index (χ1v) is 13.6. The van der Waals surface area contributed by atoms with Crippen molar-refractivity contribution in [3.05, 3.63) is 70.5 Å². The highest BCUT2D eigenvalue weighted by Crippen LogP contribution is 2.37. The Morgan fingerprint density at radius 2 is 1.89 bits per heavy atom. The van der Waals surface area contributed by atoms with Crippen LogP contribution in [0.3, 0.4) is 0 Å². The lowest BCUT2D eigenvalue weighted by Gasteiger charge is -2.14. The van der Waals surface area contributed by atoms with Crippen molar-refractivity contribution in [2.24, 2.45) is 5.14 Å². The molecule has 186 valence electrons. The molecule has 1 aromatic heterocycles. The van der Waals surface area contributed by atoms with Gasteiger partial charge in [0.25, 0.3) is 6.43 Å². The van der Waals surface area contributed by atoms with Gasteiger partial charge in [-0.15, -0.1) is 10.2 Å². The van der Waals surface area contributed by atoms with Crippen LogP contribution in [0.1, 0.15) is 23.4 Å². The predicted octanol–water partition coefficient (Wildman–Crippen LogP) is 4.49. The van der Waals surface area contributed by atoms with Gasteiger partial charge in [-0.25, -0.2) is 22.3 Å². The minimum Gasteiger partial charge on any atom is -0.324 e. The van der Waals surface area contributed by atoms with Gasteiger partial charge in [0.15, 0.2) is 5.16 Å². The van der Waals surface area contributed by atoms with Crippen LogP contribution in [0.15, 0.2) is 58.6 Å². The number of hydrogen-bond acceptors (Lipinski definition) is 6. The van der Waals surface area contributed by atoms with Crippen LogP contribution in [0.25, 0.3) is 16.5 Å². The molecule has 1 aliphatic carbocycles. The lowest BCUT2D eigenvalue weighted by Crippen LogP contribution is -2.16. The summed E-state index contributed by atoms with van der Waals surface area (Å²) in [4.78, 5) is 12.4. The molecule has 1 amide bonds. The second-order valence-corrected chi connectivity index (χ2v) is 11.0. The molecule has 3 N–H and O–H groups in total. The van der Waals surface area contributed by atoms with Gasteiger partial charge in [0, 0.05) is 5.39 Å². The maximum Gasteiger partial charge on any atom is 0.297 e. The molecule has 5 rings (SSSR count). The van der Waals surface area contributed by atoms with E-state index >= 15 is 0 Å². The van der Waals surface area contributed by atoms with E-state index in [0.717, 1.165) is 52.6 Å². The molecule has 0 atom stereocenters. The molecule has 0 saturated heterocycles. The topological polar surface area (TPSA) is 120 Å². The SMILES string of the molecule is NS(=O)(=O)c1ccc(NC(=O)CSc2nnc(C(F)F)n2-c2ccc3c4c(cccc24)CC3)c(Cl)c1. The Bertz CT molecular complexity index is 1620. The van der Waals surface area contributed by atoms with Gasteiger partial charge >= 0.3 is 0 Å². The van der Waals surface area contributed by atoms with Gasteiger partial charge in [-0.3, -0.25) is 9.36 Å². The average molecular weight is 550 g/mol. The molecule has 0 fully saturated rings. The van der Waals surface area contributed by atoms with Crippen molar-refractivity contribution in [2.75, 3.05) is 11.1 Å². The zero-order chi connectivity index (χ0) is 25.6. The number of nitrogens with two attached hydrogens (primary N) is 1. The summed E-state index contributed by atoms with van der Waals surface area (Å²) in [5.41, 5.74) is 3.02. The summed E-state index contributed by atoms with van der Waals surface area (Å²) in [7, 11) is -3.95. The van der Waals surface area contributed by atoms with E-state index in [2.05, 4.69) is 15.5 Å². The zero-order valence-electron chi connectivity index (χ0n) is 18.4. The molecule has 4 aromatic rings. The minimum atomic E-state index is -3.95. The van der Waals surface area contributed by atoms with E-state index in [-0.39, 0.29) is 26.5 Å². The number of sulfonamides is 1. The Labute approximate surface area is 213 Å². The first-order chi connectivity index (χ1) is 17.1. The number of alkyl halides is 2. The molecular formula is C23H18ClF2N5O3S2. The Hall–Kier alpha value is -3.06. The first-order valence-electron chi connectivity index (χ1n) is 10.7. The van der Waals surface area contributed by atoms with Crippen LogP contribution >= 0.6 is 23.4 Å². The number of anilines is 1. The molecule has 0 bridgehead atoms. The third kappa shape index (κ3) is 4.57. The van der Waals surface area contributed by atoms with Crippen molar-refractivity contribution in [1.29, 1.82) is 0 Å². The molecule has 0 spiro atoms. The molecule has 0 saturated carbocycles. The summed E-state index contributed by atoms with van der Waals surface area (Å²) < 4.78 is 51.9. The van der Waals surface area contributed by atoms with Gasteiger partial charge in [-0.1, -0.05) is 47.6 Å². The van der Waals surface area contributed by atoms with Gasteiger partial charge in [0.05, 0.1) is 27.0 Å². The van der Waals surface area contributed by atoms with Crippen LogP contribution in [0, 0.1) is 0 Å². The number of hydrogen-bond donors (Lipinski definition) is 2.